The van der Waals surface area contributed by atoms with Gasteiger partial charge in [-0.3, -0.25) is 4.79 Å². The van der Waals surface area contributed by atoms with Gasteiger partial charge in [-0.25, -0.2) is 4.79 Å². The van der Waals surface area contributed by atoms with E-state index in [-0.39, 0.29) is 41.7 Å². The minimum atomic E-state index is -0.860. The molecule has 174 valence electrons. The zero-order valence-electron chi connectivity index (χ0n) is 18.5. The number of ether oxygens (including phenoxy) is 4. The highest BCUT2D eigenvalue weighted by atomic mass is 35.5. The van der Waals surface area contributed by atoms with Crippen molar-refractivity contribution >= 4 is 17.6 Å². The number of esters is 1. The fourth-order valence-corrected chi connectivity index (χ4v) is 4.58. The summed E-state index contributed by atoms with van der Waals surface area (Å²) in [5, 5.41) is 0.386. The molecule has 1 atom stereocenters. The molecular weight excluding hydrogens is 460 g/mol. The third-order valence-electron chi connectivity index (χ3n) is 5.97. The molecule has 2 aliphatic heterocycles. The van der Waals surface area contributed by atoms with Gasteiger partial charge in [0.15, 0.2) is 11.5 Å². The third kappa shape index (κ3) is 3.56. The van der Waals surface area contributed by atoms with Crippen molar-refractivity contribution in [1.82, 2.24) is 4.57 Å². The molecule has 2 aromatic carbocycles. The first-order valence-corrected chi connectivity index (χ1v) is 10.9. The Bertz CT molecular complexity index is 1410. The molecule has 0 saturated carbocycles. The second kappa shape index (κ2) is 8.46. The summed E-state index contributed by atoms with van der Waals surface area (Å²) in [5.74, 6) is -0.122. The lowest BCUT2D eigenvalue weighted by molar-refractivity contribution is -0.136. The Hall–Kier alpha value is -3.91. The van der Waals surface area contributed by atoms with E-state index < -0.39 is 11.9 Å². The van der Waals surface area contributed by atoms with Crippen molar-refractivity contribution in [2.75, 3.05) is 13.9 Å². The number of aryl methyl sites for hydroxylation is 1. The number of carbonyl (C=O) groups excluding carboxylic acids is 1. The Labute approximate surface area is 200 Å². The van der Waals surface area contributed by atoms with Gasteiger partial charge in [0.2, 0.25) is 12.7 Å². The van der Waals surface area contributed by atoms with Crippen molar-refractivity contribution in [3.05, 3.63) is 97.7 Å². The first-order valence-electron chi connectivity index (χ1n) is 10.5. The lowest BCUT2D eigenvalue weighted by Gasteiger charge is -2.29. The second-order valence-corrected chi connectivity index (χ2v) is 8.38. The topological polar surface area (TPSA) is 102 Å². The number of hydrogen-bond donors (Lipinski definition) is 1. The maximum absolute atomic E-state index is 13.9. The Kier molecular flexibility index (Phi) is 5.45. The standard InChI is InChI=1S/C25H21ClN2O6/c1-13-9-19-21(24(29)28(13)11-14-7-8-17-18(10-14)33-12-32-17)20(15-5-3-4-6-16(15)26)22(23(27)34-19)25(30)31-2/h3-10,20H,11-12,27H2,1-2H3. The van der Waals surface area contributed by atoms with Crippen LogP contribution in [0, 0.1) is 6.92 Å². The van der Waals surface area contributed by atoms with Crippen molar-refractivity contribution in [2.24, 2.45) is 5.73 Å². The van der Waals surface area contributed by atoms with E-state index in [4.69, 9.17) is 36.3 Å². The van der Waals surface area contributed by atoms with Gasteiger partial charge in [0.25, 0.3) is 5.56 Å². The summed E-state index contributed by atoms with van der Waals surface area (Å²) in [7, 11) is 1.24. The predicted molar refractivity (Wildman–Crippen MR) is 124 cm³/mol. The van der Waals surface area contributed by atoms with Gasteiger partial charge in [-0.15, -0.1) is 0 Å². The van der Waals surface area contributed by atoms with Crippen LogP contribution in [0.2, 0.25) is 5.02 Å². The minimum Gasteiger partial charge on any atom is -0.465 e. The average Bonchev–Trinajstić information content (AvgIpc) is 3.29. The van der Waals surface area contributed by atoms with E-state index >= 15 is 0 Å². The van der Waals surface area contributed by atoms with Crippen molar-refractivity contribution in [1.29, 1.82) is 0 Å². The highest BCUT2D eigenvalue weighted by Gasteiger charge is 2.39. The molecule has 34 heavy (non-hydrogen) atoms. The van der Waals surface area contributed by atoms with Crippen LogP contribution in [0.25, 0.3) is 0 Å². The van der Waals surface area contributed by atoms with Crippen molar-refractivity contribution in [2.45, 2.75) is 19.4 Å². The Morgan fingerprint density at radius 1 is 1.15 bits per heavy atom. The van der Waals surface area contributed by atoms with Gasteiger partial charge in [0.1, 0.15) is 11.3 Å². The number of aromatic nitrogens is 1. The van der Waals surface area contributed by atoms with Crippen LogP contribution in [0.1, 0.15) is 28.3 Å². The third-order valence-corrected chi connectivity index (χ3v) is 6.31. The van der Waals surface area contributed by atoms with Crippen molar-refractivity contribution in [3.8, 4) is 17.2 Å². The number of methoxy groups -OCH3 is 1. The Morgan fingerprint density at radius 2 is 1.91 bits per heavy atom. The van der Waals surface area contributed by atoms with Crippen LogP contribution in [0.5, 0.6) is 17.2 Å². The van der Waals surface area contributed by atoms with Crippen molar-refractivity contribution < 1.29 is 23.7 Å². The maximum atomic E-state index is 13.9. The van der Waals surface area contributed by atoms with Gasteiger partial charge >= 0.3 is 5.97 Å². The fraction of sp³-hybridized carbons (Fsp3) is 0.200. The van der Waals surface area contributed by atoms with E-state index in [0.717, 1.165) is 5.56 Å². The van der Waals surface area contributed by atoms with Gasteiger partial charge in [-0.1, -0.05) is 35.9 Å². The number of pyridine rings is 1. The van der Waals surface area contributed by atoms with E-state index in [1.807, 2.05) is 18.2 Å². The molecule has 3 heterocycles. The molecule has 1 unspecified atom stereocenters. The van der Waals surface area contributed by atoms with Gasteiger partial charge in [0, 0.05) is 16.8 Å². The van der Waals surface area contributed by atoms with E-state index in [1.54, 1.807) is 41.8 Å². The van der Waals surface area contributed by atoms with E-state index in [2.05, 4.69) is 0 Å². The smallest absolute Gasteiger partial charge is 0.340 e. The summed E-state index contributed by atoms with van der Waals surface area (Å²) in [5.41, 5.74) is 8.16. The number of carbonyl (C=O) groups is 1. The lowest BCUT2D eigenvalue weighted by atomic mass is 9.83. The van der Waals surface area contributed by atoms with Gasteiger partial charge < -0.3 is 29.2 Å². The minimum absolute atomic E-state index is 0.0266. The zero-order chi connectivity index (χ0) is 24.0. The molecule has 2 aliphatic rings. The Balaban J connectivity index is 1.68. The van der Waals surface area contributed by atoms with Crippen LogP contribution >= 0.6 is 11.6 Å². The summed E-state index contributed by atoms with van der Waals surface area (Å²) in [6.07, 6.45) is 0. The molecule has 3 aromatic rings. The van der Waals surface area contributed by atoms with Crippen LogP contribution in [0.15, 0.2) is 64.8 Å². The largest absolute Gasteiger partial charge is 0.465 e. The number of nitrogens with zero attached hydrogens (tertiary/aromatic N) is 1. The quantitative estimate of drug-likeness (QED) is 0.570. The molecule has 2 N–H and O–H groups in total. The molecule has 0 amide bonds. The molecule has 0 aliphatic carbocycles. The van der Waals surface area contributed by atoms with Crippen molar-refractivity contribution in [3.63, 3.8) is 0 Å². The first-order chi connectivity index (χ1) is 16.4. The second-order valence-electron chi connectivity index (χ2n) is 7.97. The molecule has 1 aromatic heterocycles. The van der Waals surface area contributed by atoms with Crippen LogP contribution in [0.3, 0.4) is 0 Å². The summed E-state index contributed by atoms with van der Waals surface area (Å²) in [6, 6.07) is 14.2. The van der Waals surface area contributed by atoms with E-state index in [9.17, 15) is 9.59 Å². The van der Waals surface area contributed by atoms with E-state index in [0.29, 0.717) is 27.8 Å². The molecular formula is C25H21ClN2O6. The van der Waals surface area contributed by atoms with E-state index in [1.165, 1.54) is 7.11 Å². The van der Waals surface area contributed by atoms with Crippen LogP contribution in [-0.2, 0) is 16.1 Å². The molecule has 5 rings (SSSR count). The number of hydrogen-bond acceptors (Lipinski definition) is 7. The average molecular weight is 481 g/mol. The molecule has 0 fully saturated rings. The summed E-state index contributed by atoms with van der Waals surface area (Å²) >= 11 is 6.50. The monoisotopic (exact) mass is 480 g/mol. The summed E-state index contributed by atoms with van der Waals surface area (Å²) in [4.78, 5) is 26.6. The number of halogens is 1. The molecule has 0 spiro atoms. The molecule has 8 nitrogen and oxygen atoms in total. The Morgan fingerprint density at radius 3 is 2.68 bits per heavy atom. The van der Waals surface area contributed by atoms with Gasteiger partial charge in [-0.05, 0) is 36.2 Å². The van der Waals surface area contributed by atoms with Gasteiger partial charge in [-0.2, -0.15) is 0 Å². The molecule has 9 heteroatoms. The lowest BCUT2D eigenvalue weighted by Crippen LogP contribution is -2.35. The normalized spacial score (nSPS) is 16.1. The van der Waals surface area contributed by atoms with Crippen LogP contribution < -0.4 is 25.5 Å². The molecule has 0 bridgehead atoms. The number of rotatable bonds is 4. The predicted octanol–water partition coefficient (Wildman–Crippen LogP) is 3.45. The first kappa shape index (κ1) is 21.9. The number of nitrogens with two attached hydrogens (primary N) is 1. The zero-order valence-corrected chi connectivity index (χ0v) is 19.2. The SMILES string of the molecule is COC(=O)C1=C(N)Oc2cc(C)n(Cc3ccc4c(c3)OCO4)c(=O)c2C1c1ccccc1Cl. The van der Waals surface area contributed by atoms with Gasteiger partial charge in [0.05, 0.1) is 25.1 Å². The highest BCUT2D eigenvalue weighted by Crippen LogP contribution is 2.43. The van der Waals surface area contributed by atoms with Crippen LogP contribution in [-0.4, -0.2) is 24.4 Å². The molecule has 0 saturated heterocycles. The molecule has 0 radical (unpaired) electrons. The number of benzene rings is 2. The summed E-state index contributed by atoms with van der Waals surface area (Å²) in [6.45, 7) is 2.24. The fourth-order valence-electron chi connectivity index (χ4n) is 4.33. The number of fused-ring (bicyclic) bond motifs is 2. The van der Waals surface area contributed by atoms with Crippen LogP contribution in [0.4, 0.5) is 0 Å². The summed E-state index contributed by atoms with van der Waals surface area (Å²) < 4.78 is 23.2. The maximum Gasteiger partial charge on any atom is 0.340 e. The highest BCUT2D eigenvalue weighted by molar-refractivity contribution is 6.31.